The van der Waals surface area contributed by atoms with Crippen molar-refractivity contribution in [3.05, 3.63) is 0 Å². The zero-order valence-corrected chi connectivity index (χ0v) is 8.95. The van der Waals surface area contributed by atoms with Gasteiger partial charge in [-0.15, -0.1) is 0 Å². The molecule has 0 heterocycles. The van der Waals surface area contributed by atoms with E-state index in [2.05, 4.69) is 6.92 Å². The number of carboxylic acids is 1. The smallest absolute Gasteiger partial charge is 0.337 e. The predicted molar refractivity (Wildman–Crippen MR) is 53.2 cm³/mol. The van der Waals surface area contributed by atoms with Gasteiger partial charge in [0.1, 0.15) is 0 Å². The Morgan fingerprint density at radius 2 is 2.00 bits per heavy atom. The van der Waals surface area contributed by atoms with Crippen molar-refractivity contribution in [1.82, 2.24) is 0 Å². The third-order valence-electron chi connectivity index (χ3n) is 1.99. The molecule has 0 aromatic heterocycles. The molecular formula is C10H20O4. The fraction of sp³-hybridized carbons (Fsp3) is 0.900. The average Bonchev–Trinajstić information content (AvgIpc) is 2.10. The molecule has 1 atom stereocenters. The van der Waals surface area contributed by atoms with Crippen LogP contribution in [-0.2, 0) is 9.53 Å². The van der Waals surface area contributed by atoms with Crippen molar-refractivity contribution in [2.45, 2.75) is 45.1 Å². The van der Waals surface area contributed by atoms with Crippen LogP contribution in [0.25, 0.3) is 0 Å². The number of rotatable bonds is 8. The Kier molecular flexibility index (Phi) is 6.49. The molecule has 0 aromatic carbocycles. The van der Waals surface area contributed by atoms with Crippen molar-refractivity contribution in [3.8, 4) is 0 Å². The van der Waals surface area contributed by atoms with Gasteiger partial charge in [-0.1, -0.05) is 26.2 Å². The van der Waals surface area contributed by atoms with Crippen LogP contribution < -0.4 is 0 Å². The summed E-state index contributed by atoms with van der Waals surface area (Å²) in [5, 5.41) is 17.8. The van der Waals surface area contributed by atoms with Crippen LogP contribution in [0.4, 0.5) is 0 Å². The number of ether oxygens (including phenoxy) is 1. The van der Waals surface area contributed by atoms with Crippen LogP contribution in [0.1, 0.15) is 39.5 Å². The van der Waals surface area contributed by atoms with Gasteiger partial charge in [-0.2, -0.15) is 0 Å². The van der Waals surface area contributed by atoms with Gasteiger partial charge >= 0.3 is 5.97 Å². The molecule has 0 aliphatic rings. The van der Waals surface area contributed by atoms with Crippen LogP contribution in [-0.4, -0.2) is 35.0 Å². The summed E-state index contributed by atoms with van der Waals surface area (Å²) < 4.78 is 5.08. The fourth-order valence-electron chi connectivity index (χ4n) is 0.964. The molecule has 84 valence electrons. The van der Waals surface area contributed by atoms with Gasteiger partial charge in [0.2, 0.25) is 0 Å². The Hall–Kier alpha value is -0.610. The van der Waals surface area contributed by atoms with E-state index < -0.39 is 11.6 Å². The molecule has 0 bridgehead atoms. The summed E-state index contributed by atoms with van der Waals surface area (Å²) in [6.07, 6.45) is 4.33. The second-order valence-corrected chi connectivity index (χ2v) is 3.69. The second-order valence-electron chi connectivity index (χ2n) is 3.69. The summed E-state index contributed by atoms with van der Waals surface area (Å²) in [6.45, 7) is 3.73. The average molecular weight is 204 g/mol. The SMILES string of the molecule is CCCCCCOCC(C)(O)C(=O)O. The van der Waals surface area contributed by atoms with E-state index in [4.69, 9.17) is 9.84 Å². The summed E-state index contributed by atoms with van der Waals surface area (Å²) in [5.41, 5.74) is -1.76. The predicted octanol–water partition coefficient (Wildman–Crippen LogP) is 1.42. The fourth-order valence-corrected chi connectivity index (χ4v) is 0.964. The van der Waals surface area contributed by atoms with Crippen LogP contribution in [0.5, 0.6) is 0 Å². The maximum absolute atomic E-state index is 10.5. The van der Waals surface area contributed by atoms with Crippen LogP contribution in [0, 0.1) is 0 Å². The molecular weight excluding hydrogens is 184 g/mol. The summed E-state index contributed by atoms with van der Waals surface area (Å²) in [5.74, 6) is -1.24. The highest BCUT2D eigenvalue weighted by molar-refractivity contribution is 5.76. The van der Waals surface area contributed by atoms with Crippen molar-refractivity contribution >= 4 is 5.97 Å². The Labute approximate surface area is 84.9 Å². The van der Waals surface area contributed by atoms with E-state index in [-0.39, 0.29) is 6.61 Å². The highest BCUT2D eigenvalue weighted by Gasteiger charge is 2.29. The van der Waals surface area contributed by atoms with Crippen molar-refractivity contribution in [2.24, 2.45) is 0 Å². The molecule has 0 rings (SSSR count). The Morgan fingerprint density at radius 1 is 1.36 bits per heavy atom. The molecule has 0 amide bonds. The summed E-state index contributed by atoms with van der Waals surface area (Å²) in [6, 6.07) is 0. The first-order chi connectivity index (χ1) is 6.50. The monoisotopic (exact) mass is 204 g/mol. The first-order valence-corrected chi connectivity index (χ1v) is 5.04. The third-order valence-corrected chi connectivity index (χ3v) is 1.99. The highest BCUT2D eigenvalue weighted by atomic mass is 16.5. The quantitative estimate of drug-likeness (QED) is 0.587. The molecule has 0 saturated heterocycles. The molecule has 0 aliphatic heterocycles. The molecule has 0 aromatic rings. The minimum absolute atomic E-state index is 0.144. The third kappa shape index (κ3) is 5.94. The summed E-state index contributed by atoms with van der Waals surface area (Å²) >= 11 is 0. The van der Waals surface area contributed by atoms with Crippen molar-refractivity contribution in [1.29, 1.82) is 0 Å². The van der Waals surface area contributed by atoms with E-state index in [9.17, 15) is 9.90 Å². The number of unbranched alkanes of at least 4 members (excludes halogenated alkanes) is 3. The Balaban J connectivity index is 3.40. The summed E-state index contributed by atoms with van der Waals surface area (Å²) in [4.78, 5) is 10.5. The number of hydrogen-bond donors (Lipinski definition) is 2. The lowest BCUT2D eigenvalue weighted by Crippen LogP contribution is -2.39. The maximum Gasteiger partial charge on any atom is 0.337 e. The van der Waals surface area contributed by atoms with Gasteiger partial charge < -0.3 is 14.9 Å². The van der Waals surface area contributed by atoms with E-state index in [0.717, 1.165) is 19.3 Å². The molecule has 2 N–H and O–H groups in total. The molecule has 0 saturated carbocycles. The minimum atomic E-state index is -1.76. The van der Waals surface area contributed by atoms with Gasteiger partial charge in [0, 0.05) is 6.61 Å². The van der Waals surface area contributed by atoms with Crippen LogP contribution in [0.2, 0.25) is 0 Å². The topological polar surface area (TPSA) is 66.8 Å². The maximum atomic E-state index is 10.5. The van der Waals surface area contributed by atoms with Crippen molar-refractivity contribution in [3.63, 3.8) is 0 Å². The molecule has 0 spiro atoms. The lowest BCUT2D eigenvalue weighted by atomic mass is 10.1. The molecule has 0 radical (unpaired) electrons. The molecule has 4 heteroatoms. The minimum Gasteiger partial charge on any atom is -0.479 e. The van der Waals surface area contributed by atoms with Crippen LogP contribution in [0.3, 0.4) is 0 Å². The summed E-state index contributed by atoms with van der Waals surface area (Å²) in [7, 11) is 0. The number of carboxylic acid groups (broad SMARTS) is 1. The van der Waals surface area contributed by atoms with Gasteiger partial charge in [0.25, 0.3) is 0 Å². The first-order valence-electron chi connectivity index (χ1n) is 5.04. The zero-order valence-electron chi connectivity index (χ0n) is 8.95. The van der Waals surface area contributed by atoms with Crippen LogP contribution in [0.15, 0.2) is 0 Å². The van der Waals surface area contributed by atoms with E-state index in [1.54, 1.807) is 0 Å². The van der Waals surface area contributed by atoms with Gasteiger partial charge in [-0.25, -0.2) is 4.79 Å². The van der Waals surface area contributed by atoms with E-state index in [1.165, 1.54) is 13.3 Å². The van der Waals surface area contributed by atoms with Crippen LogP contribution >= 0.6 is 0 Å². The van der Waals surface area contributed by atoms with Gasteiger partial charge in [0.15, 0.2) is 5.60 Å². The standard InChI is InChI=1S/C10H20O4/c1-3-4-5-6-7-14-8-10(2,13)9(11)12/h13H,3-8H2,1-2H3,(H,11,12). The molecule has 0 fully saturated rings. The van der Waals surface area contributed by atoms with Crippen molar-refractivity contribution in [2.75, 3.05) is 13.2 Å². The normalized spacial score (nSPS) is 15.1. The Bertz CT molecular complexity index is 166. The zero-order chi connectivity index (χ0) is 11.0. The molecule has 14 heavy (non-hydrogen) atoms. The van der Waals surface area contributed by atoms with Gasteiger partial charge in [-0.05, 0) is 13.3 Å². The number of aliphatic hydroxyl groups is 1. The lowest BCUT2D eigenvalue weighted by Gasteiger charge is -2.17. The lowest BCUT2D eigenvalue weighted by molar-refractivity contribution is -0.162. The number of hydrogen-bond acceptors (Lipinski definition) is 3. The largest absolute Gasteiger partial charge is 0.479 e. The highest BCUT2D eigenvalue weighted by Crippen LogP contribution is 2.05. The first kappa shape index (κ1) is 13.4. The van der Waals surface area contributed by atoms with Gasteiger partial charge in [0.05, 0.1) is 6.61 Å². The van der Waals surface area contributed by atoms with E-state index >= 15 is 0 Å². The molecule has 0 aliphatic carbocycles. The van der Waals surface area contributed by atoms with Gasteiger partial charge in [-0.3, -0.25) is 0 Å². The second kappa shape index (κ2) is 6.79. The molecule has 4 nitrogen and oxygen atoms in total. The van der Waals surface area contributed by atoms with E-state index in [0.29, 0.717) is 6.61 Å². The van der Waals surface area contributed by atoms with Crippen molar-refractivity contribution < 1.29 is 19.7 Å². The Morgan fingerprint density at radius 3 is 2.50 bits per heavy atom. The number of aliphatic carboxylic acids is 1. The van der Waals surface area contributed by atoms with E-state index in [1.807, 2.05) is 0 Å². The number of carbonyl (C=O) groups is 1. The molecule has 1 unspecified atom stereocenters.